The molecule has 0 saturated heterocycles. The molecule has 0 spiro atoms. The molecule has 0 aliphatic rings. The van der Waals surface area contributed by atoms with Crippen LogP contribution in [0.1, 0.15) is 39.2 Å². The highest BCUT2D eigenvalue weighted by atomic mass is 35.5. The van der Waals surface area contributed by atoms with E-state index in [4.69, 9.17) is 11.6 Å². The fourth-order valence-corrected chi connectivity index (χ4v) is 3.88. The number of hydrogen-bond donors (Lipinski definition) is 3. The molecular formula is C23H22ClN3O4S. The van der Waals surface area contributed by atoms with Crippen LogP contribution in [0.5, 0.6) is 0 Å². The summed E-state index contributed by atoms with van der Waals surface area (Å²) in [5.41, 5.74) is 1.96. The van der Waals surface area contributed by atoms with Gasteiger partial charge in [0.05, 0.1) is 34.1 Å². The van der Waals surface area contributed by atoms with E-state index in [-0.39, 0.29) is 28.2 Å². The van der Waals surface area contributed by atoms with Crippen LogP contribution in [0.3, 0.4) is 0 Å². The van der Waals surface area contributed by atoms with Crippen LogP contribution in [-0.2, 0) is 10.0 Å². The topological polar surface area (TPSA) is 104 Å². The third kappa shape index (κ3) is 6.09. The number of rotatable bonds is 7. The van der Waals surface area contributed by atoms with Gasteiger partial charge in [-0.1, -0.05) is 54.1 Å². The second-order valence-corrected chi connectivity index (χ2v) is 9.33. The van der Waals surface area contributed by atoms with Gasteiger partial charge in [0.25, 0.3) is 11.8 Å². The maximum absolute atomic E-state index is 12.9. The lowest BCUT2D eigenvalue weighted by molar-refractivity contribution is 0.0940. The van der Waals surface area contributed by atoms with E-state index in [1.807, 2.05) is 37.3 Å². The predicted octanol–water partition coefficient (Wildman–Crippen LogP) is 4.45. The lowest BCUT2D eigenvalue weighted by Gasteiger charge is -2.16. The smallest absolute Gasteiger partial charge is 0.257 e. The van der Waals surface area contributed by atoms with Gasteiger partial charge in [-0.25, -0.2) is 8.42 Å². The molecule has 2 amide bonds. The zero-order valence-corrected chi connectivity index (χ0v) is 19.0. The van der Waals surface area contributed by atoms with Crippen molar-refractivity contribution in [2.75, 3.05) is 16.3 Å². The number of anilines is 2. The molecule has 9 heteroatoms. The molecule has 166 valence electrons. The molecule has 0 saturated carbocycles. The van der Waals surface area contributed by atoms with Gasteiger partial charge in [0.2, 0.25) is 10.0 Å². The zero-order chi connectivity index (χ0) is 23.3. The second kappa shape index (κ2) is 9.84. The highest BCUT2D eigenvalue weighted by molar-refractivity contribution is 7.92. The van der Waals surface area contributed by atoms with E-state index < -0.39 is 15.9 Å². The zero-order valence-electron chi connectivity index (χ0n) is 17.4. The molecular weight excluding hydrogens is 450 g/mol. The maximum atomic E-state index is 12.9. The van der Waals surface area contributed by atoms with Gasteiger partial charge in [0.15, 0.2) is 0 Å². The molecule has 3 rings (SSSR count). The third-order valence-corrected chi connectivity index (χ3v) is 5.50. The molecule has 0 heterocycles. The van der Waals surface area contributed by atoms with E-state index in [1.165, 1.54) is 18.2 Å². The number of hydrogen-bond acceptors (Lipinski definition) is 4. The summed E-state index contributed by atoms with van der Waals surface area (Å²) in [5.74, 6) is -0.867. The summed E-state index contributed by atoms with van der Waals surface area (Å²) < 4.78 is 25.0. The lowest BCUT2D eigenvalue weighted by atomic mass is 10.1. The Balaban J connectivity index is 1.77. The summed E-state index contributed by atoms with van der Waals surface area (Å²) >= 11 is 6.18. The SMILES string of the molecule is C[C@H](NC(=O)c1ccccc1NC(=O)c1ccc(NS(C)(=O)=O)cc1Cl)c1ccccc1. The van der Waals surface area contributed by atoms with Crippen LogP contribution < -0.4 is 15.4 Å². The standard InChI is InChI=1S/C23H22ClN3O4S/c1-15(16-8-4-3-5-9-16)25-23(29)19-10-6-7-11-21(19)26-22(28)18-13-12-17(14-20(18)24)27-32(2,30)31/h3-15,27H,1-2H3,(H,25,29)(H,26,28)/t15-/m0/s1. The molecule has 0 aliphatic heterocycles. The Labute approximate surface area is 191 Å². The minimum Gasteiger partial charge on any atom is -0.345 e. The van der Waals surface area contributed by atoms with E-state index in [9.17, 15) is 18.0 Å². The van der Waals surface area contributed by atoms with E-state index in [1.54, 1.807) is 24.3 Å². The highest BCUT2D eigenvalue weighted by Gasteiger charge is 2.18. The van der Waals surface area contributed by atoms with E-state index in [0.717, 1.165) is 11.8 Å². The molecule has 3 aromatic rings. The molecule has 0 radical (unpaired) electrons. The van der Waals surface area contributed by atoms with Gasteiger partial charge in [-0.05, 0) is 42.8 Å². The quantitative estimate of drug-likeness (QED) is 0.473. The average Bonchev–Trinajstić information content (AvgIpc) is 2.73. The molecule has 0 unspecified atom stereocenters. The molecule has 7 nitrogen and oxygen atoms in total. The van der Waals surface area contributed by atoms with Crippen LogP contribution >= 0.6 is 11.6 Å². The van der Waals surface area contributed by atoms with Crippen LogP contribution in [0, 0.1) is 0 Å². The van der Waals surface area contributed by atoms with Gasteiger partial charge in [-0.15, -0.1) is 0 Å². The number of benzene rings is 3. The van der Waals surface area contributed by atoms with Crippen molar-refractivity contribution in [2.45, 2.75) is 13.0 Å². The van der Waals surface area contributed by atoms with Crippen molar-refractivity contribution in [2.24, 2.45) is 0 Å². The maximum Gasteiger partial charge on any atom is 0.257 e. The number of halogens is 1. The first-order valence-corrected chi connectivity index (χ1v) is 11.9. The molecule has 0 aliphatic carbocycles. The number of sulfonamides is 1. The first-order valence-electron chi connectivity index (χ1n) is 9.67. The van der Waals surface area contributed by atoms with Crippen molar-refractivity contribution < 1.29 is 18.0 Å². The predicted molar refractivity (Wildman–Crippen MR) is 127 cm³/mol. The van der Waals surface area contributed by atoms with E-state index in [0.29, 0.717) is 11.3 Å². The largest absolute Gasteiger partial charge is 0.345 e. The molecule has 0 bridgehead atoms. The summed E-state index contributed by atoms with van der Waals surface area (Å²) in [6.45, 7) is 1.88. The minimum atomic E-state index is -3.47. The lowest BCUT2D eigenvalue weighted by Crippen LogP contribution is -2.28. The van der Waals surface area contributed by atoms with E-state index >= 15 is 0 Å². The first-order chi connectivity index (χ1) is 15.1. The summed E-state index contributed by atoms with van der Waals surface area (Å²) in [6, 6.07) is 20.1. The van der Waals surface area contributed by atoms with Crippen LogP contribution in [-0.4, -0.2) is 26.5 Å². The molecule has 1 atom stereocenters. The van der Waals surface area contributed by atoms with Crippen molar-refractivity contribution in [3.63, 3.8) is 0 Å². The first kappa shape index (κ1) is 23.3. The van der Waals surface area contributed by atoms with Crippen molar-refractivity contribution >= 4 is 44.8 Å². The number of para-hydroxylation sites is 1. The summed E-state index contributed by atoms with van der Waals surface area (Å²) in [5, 5.41) is 5.70. The summed E-state index contributed by atoms with van der Waals surface area (Å²) in [6.07, 6.45) is 1.02. The van der Waals surface area contributed by atoms with Crippen LogP contribution in [0.4, 0.5) is 11.4 Å². The van der Waals surface area contributed by atoms with Crippen molar-refractivity contribution in [3.05, 3.63) is 94.5 Å². The number of carbonyl (C=O) groups excluding carboxylic acids is 2. The molecule has 3 aromatic carbocycles. The molecule has 0 fully saturated rings. The Bertz CT molecular complexity index is 1250. The molecule has 32 heavy (non-hydrogen) atoms. The summed E-state index contributed by atoms with van der Waals surface area (Å²) in [4.78, 5) is 25.6. The average molecular weight is 472 g/mol. The highest BCUT2D eigenvalue weighted by Crippen LogP contribution is 2.24. The van der Waals surface area contributed by atoms with Gasteiger partial charge in [-0.2, -0.15) is 0 Å². The monoisotopic (exact) mass is 471 g/mol. The van der Waals surface area contributed by atoms with Gasteiger partial charge >= 0.3 is 0 Å². The Morgan fingerprint density at radius 2 is 1.53 bits per heavy atom. The third-order valence-electron chi connectivity index (χ3n) is 4.58. The minimum absolute atomic E-state index is 0.0655. The Kier molecular flexibility index (Phi) is 7.17. The Morgan fingerprint density at radius 1 is 0.875 bits per heavy atom. The normalized spacial score (nSPS) is 12.0. The van der Waals surface area contributed by atoms with Crippen molar-refractivity contribution in [1.82, 2.24) is 5.32 Å². The fourth-order valence-electron chi connectivity index (χ4n) is 3.06. The number of amides is 2. The fraction of sp³-hybridized carbons (Fsp3) is 0.130. The number of carbonyl (C=O) groups is 2. The van der Waals surface area contributed by atoms with Crippen LogP contribution in [0.2, 0.25) is 5.02 Å². The second-order valence-electron chi connectivity index (χ2n) is 7.17. The van der Waals surface area contributed by atoms with E-state index in [2.05, 4.69) is 15.4 Å². The summed E-state index contributed by atoms with van der Waals surface area (Å²) in [7, 11) is -3.47. The van der Waals surface area contributed by atoms with Gasteiger partial charge in [0, 0.05) is 5.69 Å². The van der Waals surface area contributed by atoms with Gasteiger partial charge in [-0.3, -0.25) is 14.3 Å². The van der Waals surface area contributed by atoms with Crippen molar-refractivity contribution in [3.8, 4) is 0 Å². The van der Waals surface area contributed by atoms with Gasteiger partial charge < -0.3 is 10.6 Å². The molecule has 3 N–H and O–H groups in total. The van der Waals surface area contributed by atoms with Crippen LogP contribution in [0.15, 0.2) is 72.8 Å². The number of nitrogens with one attached hydrogen (secondary N) is 3. The van der Waals surface area contributed by atoms with Gasteiger partial charge in [0.1, 0.15) is 0 Å². The Morgan fingerprint density at radius 3 is 2.19 bits per heavy atom. The molecule has 0 aromatic heterocycles. The van der Waals surface area contributed by atoms with Crippen molar-refractivity contribution in [1.29, 1.82) is 0 Å². The Hall–Kier alpha value is -3.36. The van der Waals surface area contributed by atoms with Crippen LogP contribution in [0.25, 0.3) is 0 Å².